The molecule has 2 N–H and O–H groups in total. The molecule has 172 valence electrons. The molecule has 4 heterocycles. The van der Waals surface area contributed by atoms with Gasteiger partial charge in [-0.3, -0.25) is 4.21 Å². The summed E-state index contributed by atoms with van der Waals surface area (Å²) in [6.45, 7) is 1.67. The predicted molar refractivity (Wildman–Crippen MR) is 125 cm³/mol. The number of aliphatic hydroxyl groups is 1. The van der Waals surface area contributed by atoms with E-state index in [2.05, 4.69) is 26.3 Å². The molecular formula is C23H25ClN6O2S. The van der Waals surface area contributed by atoms with Crippen LogP contribution in [-0.4, -0.2) is 55.3 Å². The molecule has 0 radical (unpaired) electrons. The first kappa shape index (κ1) is 21.3. The normalized spacial score (nSPS) is 24.4. The molecule has 8 nitrogen and oxygen atoms in total. The van der Waals surface area contributed by atoms with E-state index in [1.54, 1.807) is 12.4 Å². The van der Waals surface area contributed by atoms with Crippen LogP contribution >= 0.6 is 11.6 Å². The zero-order chi connectivity index (χ0) is 22.8. The van der Waals surface area contributed by atoms with Crippen LogP contribution in [0.2, 0.25) is 5.02 Å². The van der Waals surface area contributed by atoms with Crippen LogP contribution in [0.25, 0.3) is 0 Å². The van der Waals surface area contributed by atoms with Crippen LogP contribution in [0.5, 0.6) is 0 Å². The highest BCUT2D eigenvalue weighted by atomic mass is 35.5. The van der Waals surface area contributed by atoms with Gasteiger partial charge in [0.2, 0.25) is 0 Å². The van der Waals surface area contributed by atoms with Crippen LogP contribution in [0.3, 0.4) is 0 Å². The fourth-order valence-corrected chi connectivity index (χ4v) is 7.30. The van der Waals surface area contributed by atoms with Gasteiger partial charge in [0.05, 0.1) is 44.2 Å². The zero-order valence-electron chi connectivity index (χ0n) is 18.2. The quantitative estimate of drug-likeness (QED) is 0.665. The van der Waals surface area contributed by atoms with Crippen LogP contribution in [0, 0.1) is 16.7 Å². The van der Waals surface area contributed by atoms with Crippen LogP contribution in [-0.2, 0) is 17.2 Å². The Morgan fingerprint density at radius 3 is 2.64 bits per heavy atom. The molecule has 4 aliphatic rings. The number of hydrogen-bond acceptors (Lipinski definition) is 8. The van der Waals surface area contributed by atoms with Crippen molar-refractivity contribution in [2.75, 3.05) is 35.7 Å². The third-order valence-electron chi connectivity index (χ3n) is 7.79. The topological polar surface area (TPSA) is 115 Å². The summed E-state index contributed by atoms with van der Waals surface area (Å²) in [5.74, 6) is 2.41. The number of pyridine rings is 1. The molecule has 2 aromatic heterocycles. The highest BCUT2D eigenvalue weighted by Crippen LogP contribution is 2.56. The summed E-state index contributed by atoms with van der Waals surface area (Å²) in [5, 5.41) is 24.1. The molecule has 2 aliphatic carbocycles. The van der Waals surface area contributed by atoms with E-state index in [0.717, 1.165) is 56.7 Å². The Hall–Kier alpha value is -2.28. The number of hydrogen-bond donors (Lipinski definition) is 2. The van der Waals surface area contributed by atoms with Gasteiger partial charge in [-0.25, -0.2) is 15.0 Å². The maximum atomic E-state index is 12.8. The molecule has 1 atom stereocenters. The highest BCUT2D eigenvalue weighted by Gasteiger charge is 2.54. The van der Waals surface area contributed by atoms with Crippen LogP contribution in [0.4, 0.5) is 11.5 Å². The van der Waals surface area contributed by atoms with Gasteiger partial charge in [0.1, 0.15) is 23.3 Å². The van der Waals surface area contributed by atoms with Gasteiger partial charge >= 0.3 is 0 Å². The van der Waals surface area contributed by atoms with E-state index in [4.69, 9.17) is 16.6 Å². The van der Waals surface area contributed by atoms with Gasteiger partial charge in [-0.05, 0) is 32.1 Å². The molecule has 3 fully saturated rings. The summed E-state index contributed by atoms with van der Waals surface area (Å²) in [4.78, 5) is 16.4. The summed E-state index contributed by atoms with van der Waals surface area (Å²) in [6, 6.07) is 2.35. The maximum Gasteiger partial charge on any atom is 0.149 e. The number of halogens is 1. The van der Waals surface area contributed by atoms with Crippen molar-refractivity contribution < 1.29 is 9.32 Å². The first-order valence-electron chi connectivity index (χ1n) is 11.4. The van der Waals surface area contributed by atoms with E-state index in [-0.39, 0.29) is 12.0 Å². The molecule has 1 spiro atoms. The van der Waals surface area contributed by atoms with Crippen LogP contribution < -0.4 is 10.2 Å². The first-order chi connectivity index (χ1) is 15.9. The lowest BCUT2D eigenvalue weighted by atomic mass is 9.57. The SMILES string of the molecule is N#Cc1c(N2CC3(CC(c4ncc(Cl)cn4)C3)C2)nc2c(c1NC1(CO)CCC1)[S@@](=O)CC2. The van der Waals surface area contributed by atoms with Gasteiger partial charge in [0.15, 0.2) is 0 Å². The molecule has 10 heteroatoms. The Balaban J connectivity index is 1.26. The number of nitrogens with zero attached hydrogens (tertiary/aromatic N) is 5. The van der Waals surface area contributed by atoms with Gasteiger partial charge in [-0.15, -0.1) is 0 Å². The largest absolute Gasteiger partial charge is 0.394 e. The van der Waals surface area contributed by atoms with Gasteiger partial charge in [0, 0.05) is 49.0 Å². The second kappa shape index (κ2) is 7.62. The average Bonchev–Trinajstić information content (AvgIpc) is 3.10. The van der Waals surface area contributed by atoms with Crippen LogP contribution in [0.1, 0.15) is 55.1 Å². The minimum atomic E-state index is -1.17. The molecule has 2 aliphatic heterocycles. The number of nitrogens with one attached hydrogen (secondary N) is 1. The lowest BCUT2D eigenvalue weighted by Gasteiger charge is -2.59. The van der Waals surface area contributed by atoms with E-state index >= 15 is 0 Å². The Kier molecular flexibility index (Phi) is 4.91. The van der Waals surface area contributed by atoms with Crippen molar-refractivity contribution in [1.82, 2.24) is 15.0 Å². The van der Waals surface area contributed by atoms with Crippen molar-refractivity contribution in [2.45, 2.75) is 54.9 Å². The maximum absolute atomic E-state index is 12.8. The summed E-state index contributed by atoms with van der Waals surface area (Å²) < 4.78 is 12.8. The van der Waals surface area contributed by atoms with E-state index in [0.29, 0.717) is 45.1 Å². The van der Waals surface area contributed by atoms with E-state index < -0.39 is 16.3 Å². The number of aliphatic hydroxyl groups excluding tert-OH is 1. The second-order valence-corrected chi connectivity index (χ2v) is 12.0. The fraction of sp³-hybridized carbons (Fsp3) is 0.565. The van der Waals surface area contributed by atoms with E-state index in [1.807, 2.05) is 0 Å². The predicted octanol–water partition coefficient (Wildman–Crippen LogP) is 2.77. The number of fused-ring (bicyclic) bond motifs is 1. The Morgan fingerprint density at radius 1 is 1.30 bits per heavy atom. The Morgan fingerprint density at radius 2 is 2.03 bits per heavy atom. The zero-order valence-corrected chi connectivity index (χ0v) is 19.8. The lowest BCUT2D eigenvalue weighted by molar-refractivity contribution is 0.0589. The smallest absolute Gasteiger partial charge is 0.149 e. The molecule has 33 heavy (non-hydrogen) atoms. The Labute approximate surface area is 199 Å². The first-order valence-corrected chi connectivity index (χ1v) is 13.1. The minimum Gasteiger partial charge on any atom is -0.394 e. The summed E-state index contributed by atoms with van der Waals surface area (Å²) in [6.07, 6.45) is 8.69. The molecule has 0 amide bonds. The standard InChI is InChI=1S/C23H25ClN6O2S/c24-15-9-26-20(27-10-15)14-6-22(7-14)11-30(12-22)21-16(8-25)18(29-23(13-31)3-1-4-23)19-17(28-21)2-5-33(19)32/h9-10,14,31H,1-7,11-13H2,(H,28,29)/t33-/m0/s1. The second-order valence-electron chi connectivity index (χ2n) is 10.0. The van der Waals surface area contributed by atoms with E-state index in [1.165, 1.54) is 0 Å². The molecular weight excluding hydrogens is 460 g/mol. The number of nitriles is 1. The van der Waals surface area contributed by atoms with Gasteiger partial charge in [0.25, 0.3) is 0 Å². The average molecular weight is 485 g/mol. The Bertz CT molecular complexity index is 1170. The molecule has 2 saturated carbocycles. The van der Waals surface area contributed by atoms with Gasteiger partial charge in [-0.2, -0.15) is 5.26 Å². The van der Waals surface area contributed by atoms with Crippen molar-refractivity contribution >= 4 is 33.9 Å². The van der Waals surface area contributed by atoms with Crippen molar-refractivity contribution in [2.24, 2.45) is 5.41 Å². The minimum absolute atomic E-state index is 0.00207. The third kappa shape index (κ3) is 3.34. The number of rotatable bonds is 5. The summed E-state index contributed by atoms with van der Waals surface area (Å²) >= 11 is 5.91. The van der Waals surface area contributed by atoms with Crippen LogP contribution in [0.15, 0.2) is 17.3 Å². The number of aromatic nitrogens is 3. The van der Waals surface area contributed by atoms with E-state index in [9.17, 15) is 14.6 Å². The van der Waals surface area contributed by atoms with Gasteiger partial charge in [-0.1, -0.05) is 11.6 Å². The summed E-state index contributed by atoms with van der Waals surface area (Å²) in [7, 11) is -1.17. The third-order valence-corrected chi connectivity index (χ3v) is 9.45. The monoisotopic (exact) mass is 484 g/mol. The molecule has 6 rings (SSSR count). The highest BCUT2D eigenvalue weighted by molar-refractivity contribution is 7.85. The molecule has 0 bridgehead atoms. The molecule has 1 saturated heterocycles. The van der Waals surface area contributed by atoms with Crippen molar-refractivity contribution in [3.63, 3.8) is 0 Å². The van der Waals surface area contributed by atoms with Gasteiger partial charge < -0.3 is 15.3 Å². The number of anilines is 2. The van der Waals surface area contributed by atoms with Crippen molar-refractivity contribution in [3.8, 4) is 6.07 Å². The summed E-state index contributed by atoms with van der Waals surface area (Å²) in [5.41, 5.74) is 1.68. The molecule has 0 aromatic carbocycles. The number of aryl methyl sites for hydroxylation is 1. The lowest BCUT2D eigenvalue weighted by Crippen LogP contribution is -2.62. The molecule has 0 unspecified atom stereocenters. The van der Waals surface area contributed by atoms with Crippen molar-refractivity contribution in [1.29, 1.82) is 5.26 Å². The van der Waals surface area contributed by atoms with Crippen molar-refractivity contribution in [3.05, 3.63) is 34.5 Å². The fourth-order valence-electron chi connectivity index (χ4n) is 5.83. The molecule has 2 aromatic rings.